The lowest BCUT2D eigenvalue weighted by Gasteiger charge is -2.20. The van der Waals surface area contributed by atoms with Gasteiger partial charge < -0.3 is 14.9 Å². The molecule has 2 rings (SSSR count). The van der Waals surface area contributed by atoms with Crippen molar-refractivity contribution in [2.24, 2.45) is 5.92 Å². The van der Waals surface area contributed by atoms with Gasteiger partial charge >= 0.3 is 5.97 Å². The molecule has 6 heteroatoms. The Hall–Kier alpha value is -1.85. The number of benzene rings is 1. The van der Waals surface area contributed by atoms with Crippen LogP contribution < -0.4 is 4.74 Å². The minimum absolute atomic E-state index is 0.0112. The van der Waals surface area contributed by atoms with Crippen LogP contribution in [0.5, 0.6) is 11.5 Å². The predicted molar refractivity (Wildman–Crippen MR) is 62.3 cm³/mol. The van der Waals surface area contributed by atoms with Crippen molar-refractivity contribution in [2.45, 2.75) is 25.2 Å². The van der Waals surface area contributed by atoms with Gasteiger partial charge in [0.05, 0.1) is 13.5 Å². The lowest BCUT2D eigenvalue weighted by molar-refractivity contribution is -0.137. The molecule has 0 radical (unpaired) electrons. The molecule has 1 aromatic rings. The number of carboxylic acid groups (broad SMARTS) is 1. The molecule has 0 saturated heterocycles. The number of ether oxygens (including phenoxy) is 1. The van der Waals surface area contributed by atoms with Gasteiger partial charge in [-0.2, -0.15) is 0 Å². The molecule has 1 unspecified atom stereocenters. The van der Waals surface area contributed by atoms with Gasteiger partial charge in [0.2, 0.25) is 0 Å². The number of phenols is 1. The van der Waals surface area contributed by atoms with Gasteiger partial charge in [-0.15, -0.1) is 0 Å². The number of aliphatic carboxylic acids is 1. The van der Waals surface area contributed by atoms with E-state index in [1.54, 1.807) is 0 Å². The summed E-state index contributed by atoms with van der Waals surface area (Å²) in [6.45, 7) is 0. The fourth-order valence-electron chi connectivity index (χ4n) is 2.35. The van der Waals surface area contributed by atoms with E-state index in [0.29, 0.717) is 6.07 Å². The quantitative estimate of drug-likeness (QED) is 0.864. The van der Waals surface area contributed by atoms with Crippen molar-refractivity contribution >= 4 is 5.97 Å². The van der Waals surface area contributed by atoms with Crippen LogP contribution in [0.3, 0.4) is 0 Å². The SMILES string of the molecule is COc1c(F)cc(F)c(O)c1C(CC(=O)O)C1CC1. The minimum Gasteiger partial charge on any atom is -0.505 e. The summed E-state index contributed by atoms with van der Waals surface area (Å²) in [6.07, 6.45) is 1.26. The van der Waals surface area contributed by atoms with Gasteiger partial charge in [0.15, 0.2) is 23.1 Å². The van der Waals surface area contributed by atoms with E-state index in [2.05, 4.69) is 0 Å². The second-order valence-electron chi connectivity index (χ2n) is 4.68. The summed E-state index contributed by atoms with van der Waals surface area (Å²) in [6, 6.07) is 0.530. The van der Waals surface area contributed by atoms with E-state index in [9.17, 15) is 18.7 Å². The summed E-state index contributed by atoms with van der Waals surface area (Å²) in [4.78, 5) is 10.9. The molecule has 1 aromatic carbocycles. The van der Waals surface area contributed by atoms with Crippen molar-refractivity contribution in [1.29, 1.82) is 0 Å². The zero-order valence-electron chi connectivity index (χ0n) is 10.3. The molecule has 0 aromatic heterocycles. The molecule has 0 aliphatic heterocycles. The number of halogens is 2. The summed E-state index contributed by atoms with van der Waals surface area (Å²) in [7, 11) is 1.20. The number of hydrogen-bond donors (Lipinski definition) is 2. The smallest absolute Gasteiger partial charge is 0.303 e. The molecular formula is C13H14F2O4. The van der Waals surface area contributed by atoms with Crippen LogP contribution in [0, 0.1) is 17.6 Å². The summed E-state index contributed by atoms with van der Waals surface area (Å²) in [5.41, 5.74) is -0.0788. The topological polar surface area (TPSA) is 66.8 Å². The number of carboxylic acids is 1. The molecule has 0 amide bonds. The highest BCUT2D eigenvalue weighted by Crippen LogP contribution is 2.50. The van der Waals surface area contributed by atoms with Crippen molar-refractivity contribution in [3.05, 3.63) is 23.3 Å². The Balaban J connectivity index is 2.53. The summed E-state index contributed by atoms with van der Waals surface area (Å²) in [5.74, 6) is -4.76. The summed E-state index contributed by atoms with van der Waals surface area (Å²) >= 11 is 0. The monoisotopic (exact) mass is 272 g/mol. The average molecular weight is 272 g/mol. The number of hydrogen-bond acceptors (Lipinski definition) is 3. The Morgan fingerprint density at radius 1 is 1.47 bits per heavy atom. The van der Waals surface area contributed by atoms with Crippen molar-refractivity contribution in [3.8, 4) is 11.5 Å². The third-order valence-electron chi connectivity index (χ3n) is 3.36. The maximum atomic E-state index is 13.6. The first kappa shape index (κ1) is 13.6. The molecule has 1 fully saturated rings. The molecule has 104 valence electrons. The Labute approximate surface area is 108 Å². The van der Waals surface area contributed by atoms with Crippen LogP contribution in [0.1, 0.15) is 30.7 Å². The second kappa shape index (κ2) is 5.03. The number of carbonyl (C=O) groups is 1. The number of aromatic hydroxyl groups is 1. The molecule has 1 atom stereocenters. The predicted octanol–water partition coefficient (Wildman–Crippen LogP) is 2.65. The summed E-state index contributed by atoms with van der Waals surface area (Å²) in [5, 5.41) is 18.7. The second-order valence-corrected chi connectivity index (χ2v) is 4.68. The highest BCUT2D eigenvalue weighted by Gasteiger charge is 2.38. The maximum absolute atomic E-state index is 13.6. The van der Waals surface area contributed by atoms with Crippen LogP contribution in [0.15, 0.2) is 6.07 Å². The molecule has 4 nitrogen and oxygen atoms in total. The normalized spacial score (nSPS) is 16.2. The Morgan fingerprint density at radius 3 is 2.58 bits per heavy atom. The highest BCUT2D eigenvalue weighted by atomic mass is 19.1. The molecule has 1 aliphatic rings. The molecule has 0 heterocycles. The van der Waals surface area contributed by atoms with Gasteiger partial charge in [0.1, 0.15) is 0 Å². The van der Waals surface area contributed by atoms with Gasteiger partial charge in [-0.25, -0.2) is 8.78 Å². The molecule has 1 saturated carbocycles. The fourth-order valence-corrected chi connectivity index (χ4v) is 2.35. The number of rotatable bonds is 5. The molecule has 0 bridgehead atoms. The molecule has 19 heavy (non-hydrogen) atoms. The zero-order chi connectivity index (χ0) is 14.2. The molecule has 2 N–H and O–H groups in total. The van der Waals surface area contributed by atoms with Gasteiger partial charge in [-0.05, 0) is 18.8 Å². The number of methoxy groups -OCH3 is 1. The zero-order valence-corrected chi connectivity index (χ0v) is 10.3. The highest BCUT2D eigenvalue weighted by molar-refractivity contribution is 5.69. The standard InChI is InChI=1S/C13H14F2O4/c1-19-13-9(15)5-8(14)12(18)11(13)7(4-10(16)17)6-2-3-6/h5-7,18H,2-4H2,1H3,(H,16,17). The van der Waals surface area contributed by atoms with E-state index in [1.807, 2.05) is 0 Å². The van der Waals surface area contributed by atoms with Crippen LogP contribution >= 0.6 is 0 Å². The lowest BCUT2D eigenvalue weighted by Crippen LogP contribution is -2.11. The van der Waals surface area contributed by atoms with Gasteiger partial charge in [0.25, 0.3) is 0 Å². The summed E-state index contributed by atoms with van der Waals surface area (Å²) < 4.78 is 32.0. The van der Waals surface area contributed by atoms with Crippen LogP contribution in [-0.2, 0) is 4.79 Å². The van der Waals surface area contributed by atoms with E-state index in [1.165, 1.54) is 7.11 Å². The Bertz CT molecular complexity index is 512. The van der Waals surface area contributed by atoms with Crippen molar-refractivity contribution in [3.63, 3.8) is 0 Å². The molecule has 1 aliphatic carbocycles. The maximum Gasteiger partial charge on any atom is 0.303 e. The number of phenolic OH excluding ortho intramolecular Hbond substituents is 1. The van der Waals surface area contributed by atoms with E-state index in [0.717, 1.165) is 12.8 Å². The lowest BCUT2D eigenvalue weighted by atomic mass is 9.89. The molecular weight excluding hydrogens is 258 g/mol. The van der Waals surface area contributed by atoms with Gasteiger partial charge in [-0.3, -0.25) is 4.79 Å². The van der Waals surface area contributed by atoms with E-state index >= 15 is 0 Å². The first-order chi connectivity index (χ1) is 8.95. The van der Waals surface area contributed by atoms with Crippen molar-refractivity contribution in [1.82, 2.24) is 0 Å². The first-order valence-electron chi connectivity index (χ1n) is 5.92. The minimum atomic E-state index is -1.11. The Kier molecular flexibility index (Phi) is 3.59. The van der Waals surface area contributed by atoms with Crippen molar-refractivity contribution in [2.75, 3.05) is 7.11 Å². The van der Waals surface area contributed by atoms with Gasteiger partial charge in [0, 0.05) is 17.5 Å². The first-order valence-corrected chi connectivity index (χ1v) is 5.92. The van der Waals surface area contributed by atoms with Crippen molar-refractivity contribution < 1.29 is 28.5 Å². The van der Waals surface area contributed by atoms with Crippen LogP contribution in [0.25, 0.3) is 0 Å². The average Bonchev–Trinajstić information content (AvgIpc) is 3.14. The largest absolute Gasteiger partial charge is 0.505 e. The van der Waals surface area contributed by atoms with E-state index in [4.69, 9.17) is 9.84 Å². The fraction of sp³-hybridized carbons (Fsp3) is 0.462. The molecule has 0 spiro atoms. The van der Waals surface area contributed by atoms with E-state index in [-0.39, 0.29) is 23.7 Å². The van der Waals surface area contributed by atoms with E-state index < -0.39 is 29.3 Å². The van der Waals surface area contributed by atoms with Crippen LogP contribution in [-0.4, -0.2) is 23.3 Å². The van der Waals surface area contributed by atoms with Crippen LogP contribution in [0.2, 0.25) is 0 Å². The third-order valence-corrected chi connectivity index (χ3v) is 3.36. The van der Waals surface area contributed by atoms with Gasteiger partial charge in [-0.1, -0.05) is 0 Å². The third kappa shape index (κ3) is 2.62. The Morgan fingerprint density at radius 2 is 2.11 bits per heavy atom. The van der Waals surface area contributed by atoms with Crippen LogP contribution in [0.4, 0.5) is 8.78 Å².